The Morgan fingerprint density at radius 3 is 2.56 bits per heavy atom. The maximum atomic E-state index is 12.1. The molecule has 4 atom stereocenters. The standard InChI is InChI=1S/C17H28N2O3S2.Na/c20-15(21)5-8-19-16(22)14-10-12-9-13(23-17(12)24-14)2-1-11-3-6-18-7-4-11;/h11-14,17-18H,1-10H2,(H,19,22)(H,20,21);/q;+1/p-1. The average Bonchev–Trinajstić information content (AvgIpc) is 3.12. The molecule has 136 valence electrons. The van der Waals surface area contributed by atoms with Gasteiger partial charge in [-0.3, -0.25) is 4.79 Å². The van der Waals surface area contributed by atoms with Crippen molar-refractivity contribution in [2.75, 3.05) is 19.6 Å². The van der Waals surface area contributed by atoms with Crippen molar-refractivity contribution in [3.63, 3.8) is 0 Å². The molecule has 2 N–H and O–H groups in total. The first kappa shape index (κ1) is 21.9. The quantitative estimate of drug-likeness (QED) is 0.485. The van der Waals surface area contributed by atoms with Crippen LogP contribution in [0.4, 0.5) is 0 Å². The number of carboxylic acid groups (broad SMARTS) is 1. The number of carboxylic acids is 1. The van der Waals surface area contributed by atoms with Crippen molar-refractivity contribution < 1.29 is 44.3 Å². The first-order valence-corrected chi connectivity index (χ1v) is 11.0. The number of rotatable bonds is 7. The van der Waals surface area contributed by atoms with Crippen LogP contribution in [0.5, 0.6) is 0 Å². The summed E-state index contributed by atoms with van der Waals surface area (Å²) in [6, 6.07) is 0. The van der Waals surface area contributed by atoms with Gasteiger partial charge in [-0.1, -0.05) is 0 Å². The number of nitrogens with one attached hydrogen (secondary N) is 2. The second-order valence-electron chi connectivity index (χ2n) is 7.17. The third kappa shape index (κ3) is 6.61. The third-order valence-electron chi connectivity index (χ3n) is 5.37. The first-order valence-electron chi connectivity index (χ1n) is 9.11. The normalized spacial score (nSPS) is 32.0. The minimum absolute atomic E-state index is 0. The van der Waals surface area contributed by atoms with E-state index in [0.717, 1.165) is 17.6 Å². The number of fused-ring (bicyclic) bond motifs is 1. The number of carbonyl (C=O) groups is 2. The van der Waals surface area contributed by atoms with Gasteiger partial charge in [-0.2, -0.15) is 0 Å². The van der Waals surface area contributed by atoms with Crippen LogP contribution in [0.3, 0.4) is 0 Å². The number of thioether (sulfide) groups is 2. The van der Waals surface area contributed by atoms with Crippen molar-refractivity contribution in [2.24, 2.45) is 11.8 Å². The van der Waals surface area contributed by atoms with Crippen LogP contribution in [0.15, 0.2) is 0 Å². The van der Waals surface area contributed by atoms with Crippen LogP contribution in [-0.2, 0) is 9.59 Å². The number of aliphatic carboxylic acids is 1. The number of hydrogen-bond donors (Lipinski definition) is 2. The fraction of sp³-hybridized carbons (Fsp3) is 0.882. The van der Waals surface area contributed by atoms with E-state index >= 15 is 0 Å². The molecule has 3 rings (SSSR count). The van der Waals surface area contributed by atoms with E-state index in [9.17, 15) is 14.7 Å². The monoisotopic (exact) mass is 394 g/mol. The molecule has 3 aliphatic heterocycles. The van der Waals surface area contributed by atoms with E-state index in [-0.39, 0.29) is 53.7 Å². The second kappa shape index (κ2) is 10.8. The van der Waals surface area contributed by atoms with Gasteiger partial charge in [0.2, 0.25) is 5.91 Å². The Labute approximate surface area is 180 Å². The van der Waals surface area contributed by atoms with Crippen LogP contribution in [0.2, 0.25) is 0 Å². The summed E-state index contributed by atoms with van der Waals surface area (Å²) in [6.45, 7) is 2.54. The summed E-state index contributed by atoms with van der Waals surface area (Å²) in [4.78, 5) is 22.5. The van der Waals surface area contributed by atoms with E-state index in [1.807, 2.05) is 0 Å². The largest absolute Gasteiger partial charge is 1.00 e. The van der Waals surface area contributed by atoms with Crippen LogP contribution in [-0.4, -0.2) is 46.6 Å². The second-order valence-corrected chi connectivity index (χ2v) is 10.3. The molecule has 0 radical (unpaired) electrons. The summed E-state index contributed by atoms with van der Waals surface area (Å²) < 4.78 is 0.555. The van der Waals surface area contributed by atoms with Crippen molar-refractivity contribution in [1.82, 2.24) is 10.6 Å². The minimum atomic E-state index is -1.11. The number of hydrogen-bond acceptors (Lipinski definition) is 6. The maximum absolute atomic E-state index is 12.1. The van der Waals surface area contributed by atoms with Crippen LogP contribution in [0.1, 0.15) is 44.9 Å². The van der Waals surface area contributed by atoms with E-state index in [1.54, 1.807) is 11.8 Å². The van der Waals surface area contributed by atoms with Crippen molar-refractivity contribution in [3.8, 4) is 0 Å². The Kier molecular flexibility index (Phi) is 9.47. The Hall–Kier alpha value is 0.600. The predicted octanol–water partition coefficient (Wildman–Crippen LogP) is -2.02. The zero-order valence-electron chi connectivity index (χ0n) is 15.0. The van der Waals surface area contributed by atoms with Crippen molar-refractivity contribution in [2.45, 2.75) is 60.0 Å². The van der Waals surface area contributed by atoms with Crippen LogP contribution < -0.4 is 45.3 Å². The Morgan fingerprint density at radius 1 is 1.12 bits per heavy atom. The van der Waals surface area contributed by atoms with Crippen LogP contribution in [0.25, 0.3) is 0 Å². The molecule has 3 aliphatic rings. The zero-order chi connectivity index (χ0) is 16.9. The van der Waals surface area contributed by atoms with Gasteiger partial charge in [0.05, 0.1) is 9.83 Å². The molecule has 1 amide bonds. The van der Waals surface area contributed by atoms with Gasteiger partial charge < -0.3 is 20.5 Å². The van der Waals surface area contributed by atoms with Crippen molar-refractivity contribution in [1.29, 1.82) is 0 Å². The molecule has 0 aromatic rings. The fourth-order valence-corrected chi connectivity index (χ4v) is 7.91. The topological polar surface area (TPSA) is 81.3 Å². The van der Waals surface area contributed by atoms with Crippen molar-refractivity contribution in [3.05, 3.63) is 0 Å². The number of carbonyl (C=O) groups excluding carboxylic acids is 2. The van der Waals surface area contributed by atoms with Gasteiger partial charge in [-0.15, -0.1) is 23.5 Å². The van der Waals surface area contributed by atoms with Gasteiger partial charge in [-0.25, -0.2) is 0 Å². The summed E-state index contributed by atoms with van der Waals surface area (Å²) in [5, 5.41) is 17.3. The zero-order valence-corrected chi connectivity index (χ0v) is 18.6. The summed E-state index contributed by atoms with van der Waals surface area (Å²) in [7, 11) is 0. The first-order chi connectivity index (χ1) is 11.6. The molecule has 5 nitrogen and oxygen atoms in total. The molecule has 3 saturated heterocycles. The molecular formula is C17H27N2NaO3S2. The number of amides is 1. The fourth-order valence-electron chi connectivity index (χ4n) is 4.00. The van der Waals surface area contributed by atoms with Gasteiger partial charge in [-0.05, 0) is 63.5 Å². The Balaban J connectivity index is 0.00000225. The molecule has 8 heteroatoms. The SMILES string of the molecule is O=C([O-])CCNC(=O)C1CC2CC(CCC3CCNCC3)SC2S1.[Na+]. The molecule has 0 bridgehead atoms. The molecule has 4 unspecified atom stereocenters. The number of piperidine rings is 1. The maximum Gasteiger partial charge on any atom is 1.00 e. The molecule has 0 aromatic carbocycles. The van der Waals surface area contributed by atoms with Crippen molar-refractivity contribution >= 4 is 35.4 Å². The summed E-state index contributed by atoms with van der Waals surface area (Å²) >= 11 is 3.87. The summed E-state index contributed by atoms with van der Waals surface area (Å²) in [5.41, 5.74) is 0. The predicted molar refractivity (Wildman–Crippen MR) is 96.7 cm³/mol. The Bertz CT molecular complexity index is 449. The van der Waals surface area contributed by atoms with Crippen LogP contribution in [0, 0.1) is 11.8 Å². The third-order valence-corrected chi connectivity index (χ3v) is 8.89. The van der Waals surface area contributed by atoms with Gasteiger partial charge >= 0.3 is 29.6 Å². The van der Waals surface area contributed by atoms with Gasteiger partial charge in [0.25, 0.3) is 0 Å². The molecule has 3 fully saturated rings. The summed E-state index contributed by atoms with van der Waals surface area (Å²) in [5.74, 6) is 0.443. The molecule has 0 aromatic heterocycles. The Morgan fingerprint density at radius 2 is 1.88 bits per heavy atom. The van der Waals surface area contributed by atoms with E-state index in [2.05, 4.69) is 22.4 Å². The van der Waals surface area contributed by atoms with Gasteiger partial charge in [0.1, 0.15) is 0 Å². The molecule has 3 heterocycles. The van der Waals surface area contributed by atoms with Gasteiger partial charge in [0, 0.05) is 24.2 Å². The van der Waals surface area contributed by atoms with Crippen LogP contribution >= 0.6 is 23.5 Å². The molecule has 0 spiro atoms. The molecule has 0 aliphatic carbocycles. The summed E-state index contributed by atoms with van der Waals surface area (Å²) in [6.07, 6.45) is 7.42. The smallest absolute Gasteiger partial charge is 0.550 e. The van der Waals surface area contributed by atoms with Gasteiger partial charge in [0.15, 0.2) is 0 Å². The minimum Gasteiger partial charge on any atom is -0.550 e. The van der Waals surface area contributed by atoms with E-state index in [1.165, 1.54) is 45.2 Å². The molecular weight excluding hydrogens is 367 g/mol. The molecule has 25 heavy (non-hydrogen) atoms. The van der Waals surface area contributed by atoms with E-state index < -0.39 is 5.97 Å². The van der Waals surface area contributed by atoms with E-state index in [4.69, 9.17) is 0 Å². The molecule has 0 saturated carbocycles. The average molecular weight is 395 g/mol. The van der Waals surface area contributed by atoms with E-state index in [0.29, 0.717) is 10.5 Å².